The van der Waals surface area contributed by atoms with Gasteiger partial charge in [0.25, 0.3) is 0 Å². The van der Waals surface area contributed by atoms with Gasteiger partial charge in [0.2, 0.25) is 0 Å². The maximum Gasteiger partial charge on any atom is 0.307 e. The Balaban J connectivity index is 2.27. The molecule has 0 saturated heterocycles. The third-order valence-electron chi connectivity index (χ3n) is 2.58. The fourth-order valence-corrected chi connectivity index (χ4v) is 3.01. The van der Waals surface area contributed by atoms with Gasteiger partial charge in [-0.25, -0.2) is 0 Å². The summed E-state index contributed by atoms with van der Waals surface area (Å²) in [6, 6.07) is 14.9. The van der Waals surface area contributed by atoms with E-state index >= 15 is 0 Å². The summed E-state index contributed by atoms with van der Waals surface area (Å²) in [4.78, 5) is 12.8. The van der Waals surface area contributed by atoms with Crippen LogP contribution < -0.4 is 0 Å². The second-order valence-corrected chi connectivity index (χ2v) is 6.09. The van der Waals surface area contributed by atoms with Gasteiger partial charge in [0.15, 0.2) is 0 Å². The molecule has 0 aliphatic heterocycles. The van der Waals surface area contributed by atoms with E-state index in [0.29, 0.717) is 5.56 Å². The first-order valence-corrected chi connectivity index (χ1v) is 7.37. The molecule has 0 aromatic heterocycles. The van der Waals surface area contributed by atoms with Gasteiger partial charge in [-0.05, 0) is 48.0 Å². The van der Waals surface area contributed by atoms with Crippen molar-refractivity contribution in [3.63, 3.8) is 0 Å². The van der Waals surface area contributed by atoms with E-state index in [9.17, 15) is 4.79 Å². The Morgan fingerprint density at radius 1 is 1.25 bits per heavy atom. The van der Waals surface area contributed by atoms with Crippen LogP contribution in [-0.4, -0.2) is 11.1 Å². The van der Waals surface area contributed by atoms with Crippen molar-refractivity contribution in [3.8, 4) is 6.07 Å². The van der Waals surface area contributed by atoms with Crippen LogP contribution in [0.4, 0.5) is 0 Å². The standard InChI is InChI=1S/C15H10BrNO2S/c16-12-3-6-14(11(7-12)8-15(18)19)20-13-4-1-10(9-17)2-5-13/h1-7H,8H2,(H,18,19). The normalized spacial score (nSPS) is 10.0. The number of halogens is 1. The molecule has 2 aromatic carbocycles. The average Bonchev–Trinajstić information content (AvgIpc) is 2.42. The smallest absolute Gasteiger partial charge is 0.307 e. The predicted octanol–water partition coefficient (Wildman–Crippen LogP) is 4.10. The van der Waals surface area contributed by atoms with Gasteiger partial charge in [0.05, 0.1) is 18.1 Å². The molecule has 2 aromatic rings. The number of nitriles is 1. The Morgan fingerprint density at radius 2 is 1.95 bits per heavy atom. The van der Waals surface area contributed by atoms with Crippen LogP contribution in [0.5, 0.6) is 0 Å². The Kier molecular flexibility index (Phi) is 4.83. The molecule has 0 heterocycles. The Bertz CT molecular complexity index is 677. The largest absolute Gasteiger partial charge is 0.481 e. The minimum Gasteiger partial charge on any atom is -0.481 e. The first-order valence-electron chi connectivity index (χ1n) is 5.77. The number of benzene rings is 2. The van der Waals surface area contributed by atoms with Crippen molar-refractivity contribution in [1.29, 1.82) is 5.26 Å². The molecule has 20 heavy (non-hydrogen) atoms. The molecule has 0 saturated carbocycles. The molecule has 2 rings (SSSR count). The maximum absolute atomic E-state index is 10.9. The summed E-state index contributed by atoms with van der Waals surface area (Å²) in [6.45, 7) is 0. The van der Waals surface area contributed by atoms with Gasteiger partial charge in [0, 0.05) is 14.3 Å². The predicted molar refractivity (Wildman–Crippen MR) is 80.8 cm³/mol. The van der Waals surface area contributed by atoms with Gasteiger partial charge in [-0.3, -0.25) is 4.79 Å². The summed E-state index contributed by atoms with van der Waals surface area (Å²) in [6.07, 6.45) is -0.0158. The molecule has 0 fully saturated rings. The van der Waals surface area contributed by atoms with Crippen molar-refractivity contribution in [2.75, 3.05) is 0 Å². The summed E-state index contributed by atoms with van der Waals surface area (Å²) in [5, 5.41) is 17.7. The van der Waals surface area contributed by atoms with E-state index in [4.69, 9.17) is 10.4 Å². The molecule has 0 atom stereocenters. The topological polar surface area (TPSA) is 61.1 Å². The van der Waals surface area contributed by atoms with Crippen molar-refractivity contribution in [2.45, 2.75) is 16.2 Å². The fraction of sp³-hybridized carbons (Fsp3) is 0.0667. The highest BCUT2D eigenvalue weighted by atomic mass is 79.9. The Labute approximate surface area is 129 Å². The summed E-state index contributed by atoms with van der Waals surface area (Å²) in [5.74, 6) is -0.857. The molecule has 0 aliphatic carbocycles. The van der Waals surface area contributed by atoms with Crippen molar-refractivity contribution in [3.05, 3.63) is 58.1 Å². The zero-order valence-electron chi connectivity index (χ0n) is 10.3. The highest BCUT2D eigenvalue weighted by Crippen LogP contribution is 2.32. The second kappa shape index (κ2) is 6.60. The summed E-state index contributed by atoms with van der Waals surface area (Å²) < 4.78 is 0.859. The van der Waals surface area contributed by atoms with Gasteiger partial charge in [-0.15, -0.1) is 0 Å². The van der Waals surface area contributed by atoms with Gasteiger partial charge >= 0.3 is 5.97 Å². The quantitative estimate of drug-likeness (QED) is 0.904. The molecular weight excluding hydrogens is 338 g/mol. The van der Waals surface area contributed by atoms with Gasteiger partial charge < -0.3 is 5.11 Å². The van der Waals surface area contributed by atoms with Crippen LogP contribution in [0.2, 0.25) is 0 Å². The minimum atomic E-state index is -0.857. The lowest BCUT2D eigenvalue weighted by atomic mass is 10.1. The van der Waals surface area contributed by atoms with Crippen LogP contribution in [0.25, 0.3) is 0 Å². The SMILES string of the molecule is N#Cc1ccc(Sc2ccc(Br)cc2CC(=O)O)cc1. The third kappa shape index (κ3) is 3.86. The van der Waals surface area contributed by atoms with Crippen LogP contribution in [-0.2, 0) is 11.2 Å². The number of carbonyl (C=O) groups is 1. The second-order valence-electron chi connectivity index (χ2n) is 4.06. The number of hydrogen-bond donors (Lipinski definition) is 1. The van der Waals surface area contributed by atoms with Gasteiger partial charge in [-0.2, -0.15) is 5.26 Å². The lowest BCUT2D eigenvalue weighted by molar-refractivity contribution is -0.136. The van der Waals surface area contributed by atoms with E-state index in [1.807, 2.05) is 30.3 Å². The molecule has 5 heteroatoms. The van der Waals surface area contributed by atoms with Gasteiger partial charge in [0.1, 0.15) is 0 Å². The van der Waals surface area contributed by atoms with Crippen molar-refractivity contribution >= 4 is 33.7 Å². The van der Waals surface area contributed by atoms with Crippen molar-refractivity contribution in [2.24, 2.45) is 0 Å². The fourth-order valence-electron chi connectivity index (χ4n) is 1.67. The van der Waals surface area contributed by atoms with E-state index in [-0.39, 0.29) is 6.42 Å². The van der Waals surface area contributed by atoms with Crippen LogP contribution >= 0.6 is 27.7 Å². The molecule has 0 amide bonds. The van der Waals surface area contributed by atoms with Crippen molar-refractivity contribution in [1.82, 2.24) is 0 Å². The lowest BCUT2D eigenvalue weighted by Crippen LogP contribution is -2.01. The minimum absolute atomic E-state index is 0.0158. The van der Waals surface area contributed by atoms with E-state index < -0.39 is 5.97 Å². The molecular formula is C15H10BrNO2S. The maximum atomic E-state index is 10.9. The molecule has 0 spiro atoms. The van der Waals surface area contributed by atoms with Crippen LogP contribution in [0.3, 0.4) is 0 Å². The molecule has 1 N–H and O–H groups in total. The summed E-state index contributed by atoms with van der Waals surface area (Å²) >= 11 is 4.84. The zero-order valence-corrected chi connectivity index (χ0v) is 12.7. The molecule has 0 unspecified atom stereocenters. The van der Waals surface area contributed by atoms with Gasteiger partial charge in [-0.1, -0.05) is 27.7 Å². The number of rotatable bonds is 4. The summed E-state index contributed by atoms with van der Waals surface area (Å²) in [7, 11) is 0. The molecule has 3 nitrogen and oxygen atoms in total. The first kappa shape index (κ1) is 14.6. The van der Waals surface area contributed by atoms with E-state index in [1.54, 1.807) is 12.1 Å². The van der Waals surface area contributed by atoms with Crippen LogP contribution in [0.15, 0.2) is 56.7 Å². The Hall–Kier alpha value is -1.77. The van der Waals surface area contributed by atoms with Crippen LogP contribution in [0.1, 0.15) is 11.1 Å². The van der Waals surface area contributed by atoms with E-state index in [1.165, 1.54) is 11.8 Å². The lowest BCUT2D eigenvalue weighted by Gasteiger charge is -2.08. The molecule has 0 bridgehead atoms. The van der Waals surface area contributed by atoms with E-state index in [0.717, 1.165) is 19.8 Å². The molecule has 100 valence electrons. The third-order valence-corrected chi connectivity index (χ3v) is 4.19. The van der Waals surface area contributed by atoms with Crippen molar-refractivity contribution < 1.29 is 9.90 Å². The Morgan fingerprint density at radius 3 is 2.55 bits per heavy atom. The number of carboxylic acid groups (broad SMARTS) is 1. The highest BCUT2D eigenvalue weighted by Gasteiger charge is 2.09. The summed E-state index contributed by atoms with van der Waals surface area (Å²) in [5.41, 5.74) is 1.37. The zero-order chi connectivity index (χ0) is 14.5. The number of hydrogen-bond acceptors (Lipinski definition) is 3. The molecule has 0 radical (unpaired) electrons. The van der Waals surface area contributed by atoms with Crippen LogP contribution in [0, 0.1) is 11.3 Å². The monoisotopic (exact) mass is 347 g/mol. The molecule has 0 aliphatic rings. The van der Waals surface area contributed by atoms with E-state index in [2.05, 4.69) is 22.0 Å². The number of carboxylic acids is 1. The first-order chi connectivity index (χ1) is 9.58. The average molecular weight is 348 g/mol. The number of nitrogens with zero attached hydrogens (tertiary/aromatic N) is 1. The highest BCUT2D eigenvalue weighted by molar-refractivity contribution is 9.10. The number of aliphatic carboxylic acids is 1.